The lowest BCUT2D eigenvalue weighted by atomic mass is 9.78. The number of carbonyl (C=O) groups excluding carboxylic acids is 4. The van der Waals surface area contributed by atoms with Gasteiger partial charge in [0.2, 0.25) is 0 Å². The molecule has 0 aliphatic carbocycles. The van der Waals surface area contributed by atoms with Crippen molar-refractivity contribution in [2.75, 3.05) is 39.1 Å². The molecule has 0 radical (unpaired) electrons. The molecule has 64 heavy (non-hydrogen) atoms. The SMILES string of the molecule is C=CCOC(=O)NC[C@@H]1CC(N)C(O)[C@H](O[C@@H]2[C@@H](C)C(=O)[C@@H](C)C(=O)O[C@H](CC)[C@@]3(C)OC(=O)N(CCCCn4cc(-c5cccc(N)c5)nn4)[C@@H]3[C@@H](C)NC[C@H](C)C[C@@]2(C)OC)O1. The minimum atomic E-state index is -1.32. The number of methoxy groups -OCH3 is 1. The third-order valence-corrected chi connectivity index (χ3v) is 12.9. The molecule has 0 spiro atoms. The lowest BCUT2D eigenvalue weighted by Gasteiger charge is -2.45. The molecule has 0 saturated carbocycles. The zero-order valence-corrected chi connectivity index (χ0v) is 38.6. The van der Waals surface area contributed by atoms with E-state index in [-0.39, 0.29) is 31.5 Å². The van der Waals surface area contributed by atoms with Gasteiger partial charge in [0.05, 0.1) is 30.0 Å². The Morgan fingerprint density at radius 2 is 1.89 bits per heavy atom. The van der Waals surface area contributed by atoms with Crippen molar-refractivity contribution in [3.63, 3.8) is 0 Å². The van der Waals surface area contributed by atoms with Gasteiger partial charge in [-0.05, 0) is 84.4 Å². The molecule has 13 atom stereocenters. The second kappa shape index (κ2) is 22.0. The minimum Gasteiger partial charge on any atom is -0.458 e. The molecule has 3 saturated heterocycles. The fraction of sp³-hybridized carbons (Fsp3) is 0.689. The second-order valence-electron chi connectivity index (χ2n) is 18.0. The molecule has 19 nitrogen and oxygen atoms in total. The van der Waals surface area contributed by atoms with Crippen LogP contribution in [0.2, 0.25) is 0 Å². The molecule has 7 N–H and O–H groups in total. The summed E-state index contributed by atoms with van der Waals surface area (Å²) in [6.45, 7) is 17.6. The van der Waals surface area contributed by atoms with Crippen LogP contribution >= 0.6 is 0 Å². The quantitative estimate of drug-likeness (QED) is 0.0454. The van der Waals surface area contributed by atoms with Crippen molar-refractivity contribution in [3.8, 4) is 11.3 Å². The molecule has 4 heterocycles. The number of carbonyl (C=O) groups is 4. The maximum absolute atomic E-state index is 14.4. The average Bonchev–Trinajstić information content (AvgIpc) is 3.85. The fourth-order valence-corrected chi connectivity index (χ4v) is 9.40. The Balaban J connectivity index is 1.35. The van der Waals surface area contributed by atoms with Gasteiger partial charge in [0.15, 0.2) is 17.7 Å². The van der Waals surface area contributed by atoms with Crippen LogP contribution in [0.15, 0.2) is 43.1 Å². The van der Waals surface area contributed by atoms with E-state index in [4.69, 9.17) is 39.9 Å². The number of unbranched alkanes of at least 4 members (excludes halogenated alkanes) is 1. The maximum Gasteiger partial charge on any atom is 0.410 e. The van der Waals surface area contributed by atoms with Gasteiger partial charge in [-0.3, -0.25) is 19.2 Å². The van der Waals surface area contributed by atoms with E-state index in [2.05, 4.69) is 27.5 Å². The molecular weight excluding hydrogens is 829 g/mol. The number of hydrogen-bond donors (Lipinski definition) is 5. The third kappa shape index (κ3) is 11.8. The summed E-state index contributed by atoms with van der Waals surface area (Å²) >= 11 is 0. The van der Waals surface area contributed by atoms with Crippen LogP contribution in [-0.2, 0) is 44.6 Å². The van der Waals surface area contributed by atoms with Crippen LogP contribution in [0.1, 0.15) is 80.6 Å². The number of Topliss-reactive ketones (excluding diaryl/α,β-unsaturated/α-hetero) is 1. The number of esters is 1. The van der Waals surface area contributed by atoms with Crippen LogP contribution in [0.5, 0.6) is 0 Å². The molecule has 3 fully saturated rings. The topological polar surface area (TPSA) is 254 Å². The number of alkyl carbamates (subject to hydrolysis) is 1. The first kappa shape index (κ1) is 50.3. The standard InChI is InChI=1S/C45H70N8O11/c1-10-19-60-42(57)49-24-32-21-33(47)37(55)41(61-32)63-39-27(4)36(54)28(5)40(56)62-35(11-2)45(8)38(29(6)48-23-26(3)22-44(39,7)59-9)53(43(58)64-45)18-13-12-17-52-25-34(50-51-52)30-15-14-16-31(46)20-30/h10,14-16,20,25-29,32-33,35,37-39,41,48,55H,1,11-13,17-19,21-24,46-47H2,2-9H3,(H,49,57)/t26-,27+,28-,29-,32+,33?,35-,37?,38-,39-,41+,44-,45-/m1/s1. The van der Waals surface area contributed by atoms with Crippen molar-refractivity contribution < 1.29 is 52.7 Å². The maximum atomic E-state index is 14.4. The molecule has 2 amide bonds. The van der Waals surface area contributed by atoms with Crippen molar-refractivity contribution in [3.05, 3.63) is 43.1 Å². The van der Waals surface area contributed by atoms with E-state index in [9.17, 15) is 24.3 Å². The number of ether oxygens (including phenoxy) is 6. The Morgan fingerprint density at radius 3 is 2.58 bits per heavy atom. The summed E-state index contributed by atoms with van der Waals surface area (Å²) in [4.78, 5) is 56.2. The summed E-state index contributed by atoms with van der Waals surface area (Å²) < 4.78 is 38.1. The molecule has 1 aromatic heterocycles. The van der Waals surface area contributed by atoms with Gasteiger partial charge in [0, 0.05) is 56.0 Å². The van der Waals surface area contributed by atoms with E-state index in [1.807, 2.05) is 58.2 Å². The summed E-state index contributed by atoms with van der Waals surface area (Å²) in [5.41, 5.74) is 12.1. The van der Waals surface area contributed by atoms with Crippen LogP contribution in [0, 0.1) is 17.8 Å². The highest BCUT2D eigenvalue weighted by molar-refractivity contribution is 6.00. The van der Waals surface area contributed by atoms with Gasteiger partial charge in [0.1, 0.15) is 30.4 Å². The van der Waals surface area contributed by atoms with E-state index in [1.165, 1.54) is 20.1 Å². The van der Waals surface area contributed by atoms with Gasteiger partial charge < -0.3 is 55.6 Å². The number of aromatic nitrogens is 3. The van der Waals surface area contributed by atoms with Crippen LogP contribution in [-0.4, -0.2) is 142 Å². The van der Waals surface area contributed by atoms with Crippen LogP contribution in [0.3, 0.4) is 0 Å². The highest BCUT2D eigenvalue weighted by Gasteiger charge is 2.58. The van der Waals surface area contributed by atoms with Gasteiger partial charge >= 0.3 is 18.2 Å². The lowest BCUT2D eigenvalue weighted by Crippen LogP contribution is -2.61. The Bertz CT molecular complexity index is 1920. The Labute approximate surface area is 376 Å². The average molecular weight is 899 g/mol. The normalized spacial score (nSPS) is 34.2. The predicted octanol–water partition coefficient (Wildman–Crippen LogP) is 3.57. The van der Waals surface area contributed by atoms with E-state index >= 15 is 0 Å². The number of nitrogens with zero attached hydrogens (tertiary/aromatic N) is 4. The van der Waals surface area contributed by atoms with Gasteiger partial charge in [-0.25, -0.2) is 9.59 Å². The van der Waals surface area contributed by atoms with Crippen molar-refractivity contribution in [1.82, 2.24) is 30.5 Å². The molecule has 2 unspecified atom stereocenters. The number of aliphatic hydroxyl groups excluding tert-OH is 1. The van der Waals surface area contributed by atoms with Gasteiger partial charge in [-0.2, -0.15) is 0 Å². The summed E-state index contributed by atoms with van der Waals surface area (Å²) in [5.74, 6) is -3.62. The summed E-state index contributed by atoms with van der Waals surface area (Å²) in [7, 11) is 1.52. The van der Waals surface area contributed by atoms with Gasteiger partial charge in [-0.1, -0.05) is 50.8 Å². The minimum absolute atomic E-state index is 0.0153. The second-order valence-corrected chi connectivity index (χ2v) is 18.0. The largest absolute Gasteiger partial charge is 0.458 e. The Hall–Kier alpha value is -4.66. The smallest absolute Gasteiger partial charge is 0.410 e. The number of amides is 2. The number of ketones is 1. The molecule has 3 aliphatic rings. The van der Waals surface area contributed by atoms with E-state index in [0.29, 0.717) is 56.7 Å². The number of nitrogens with two attached hydrogens (primary N) is 2. The first-order chi connectivity index (χ1) is 30.3. The number of benzene rings is 1. The predicted molar refractivity (Wildman–Crippen MR) is 236 cm³/mol. The molecule has 1 aromatic carbocycles. The highest BCUT2D eigenvalue weighted by atomic mass is 16.7. The zero-order valence-electron chi connectivity index (χ0n) is 38.6. The van der Waals surface area contributed by atoms with E-state index in [0.717, 1.165) is 5.56 Å². The monoisotopic (exact) mass is 899 g/mol. The molecule has 2 aromatic rings. The van der Waals surface area contributed by atoms with Crippen molar-refractivity contribution in [1.29, 1.82) is 0 Å². The first-order valence-electron chi connectivity index (χ1n) is 22.4. The molecule has 356 valence electrons. The molecule has 5 rings (SSSR count). The van der Waals surface area contributed by atoms with Gasteiger partial charge in [-0.15, -0.1) is 5.10 Å². The molecule has 0 bridgehead atoms. The summed E-state index contributed by atoms with van der Waals surface area (Å²) in [5, 5.41) is 26.1. The summed E-state index contributed by atoms with van der Waals surface area (Å²) in [6.07, 6.45) is -0.955. The van der Waals surface area contributed by atoms with Crippen LogP contribution in [0.4, 0.5) is 15.3 Å². The van der Waals surface area contributed by atoms with Crippen LogP contribution in [0.25, 0.3) is 11.3 Å². The number of nitrogen functional groups attached to an aromatic ring is 1. The fourth-order valence-electron chi connectivity index (χ4n) is 9.40. The van der Waals surface area contributed by atoms with Gasteiger partial charge in [0.25, 0.3) is 0 Å². The van der Waals surface area contributed by atoms with Crippen molar-refractivity contribution in [2.45, 2.75) is 147 Å². The summed E-state index contributed by atoms with van der Waals surface area (Å²) in [6, 6.07) is 5.74. The van der Waals surface area contributed by atoms with Crippen molar-refractivity contribution >= 4 is 29.6 Å². The third-order valence-electron chi connectivity index (χ3n) is 12.9. The van der Waals surface area contributed by atoms with Crippen LogP contribution < -0.4 is 22.1 Å². The van der Waals surface area contributed by atoms with Crippen molar-refractivity contribution in [2.24, 2.45) is 23.5 Å². The zero-order chi connectivity index (χ0) is 46.9. The Morgan fingerprint density at radius 1 is 1.16 bits per heavy atom. The number of aliphatic hydroxyl groups is 1. The number of nitrogens with one attached hydrogen (secondary N) is 2. The number of hydrogen-bond acceptors (Lipinski definition) is 16. The molecule has 3 aliphatic heterocycles. The van der Waals surface area contributed by atoms with E-state index < -0.39 is 89.8 Å². The number of cyclic esters (lactones) is 1. The molecule has 19 heteroatoms. The lowest BCUT2D eigenvalue weighted by molar-refractivity contribution is -0.290. The number of rotatable bonds is 14. The number of aryl methyl sites for hydroxylation is 1. The number of fused-ring (bicyclic) bond motifs is 1. The highest BCUT2D eigenvalue weighted by Crippen LogP contribution is 2.40. The Kier molecular flexibility index (Phi) is 17.3. The van der Waals surface area contributed by atoms with E-state index in [1.54, 1.807) is 23.4 Å². The first-order valence-corrected chi connectivity index (χ1v) is 22.4. The number of anilines is 1. The molecular formula is C45H70N8O11.